The van der Waals surface area contributed by atoms with Crippen LogP contribution in [0.2, 0.25) is 0 Å². The maximum Gasteiger partial charge on any atom is 0.325 e. The third-order valence-electron chi connectivity index (χ3n) is 4.53. The van der Waals surface area contributed by atoms with E-state index >= 15 is 0 Å². The molecular formula is C21H23N3O3. The smallest absolute Gasteiger partial charge is 0.325 e. The Kier molecular flexibility index (Phi) is 5.86. The van der Waals surface area contributed by atoms with E-state index in [0.717, 1.165) is 28.0 Å². The Hall–Kier alpha value is -3.15. The Morgan fingerprint density at radius 1 is 1.11 bits per heavy atom. The Balaban J connectivity index is 1.66. The van der Waals surface area contributed by atoms with Crippen molar-refractivity contribution in [2.75, 3.05) is 13.7 Å². The fourth-order valence-electron chi connectivity index (χ4n) is 3.04. The number of carbonyl (C=O) groups is 2. The fourth-order valence-corrected chi connectivity index (χ4v) is 3.04. The molecule has 0 aliphatic heterocycles. The van der Waals surface area contributed by atoms with Crippen LogP contribution in [-0.2, 0) is 33.7 Å². The van der Waals surface area contributed by atoms with Gasteiger partial charge in [0.05, 0.1) is 24.6 Å². The number of nitrogens with one attached hydrogen (secondary N) is 1. The number of rotatable bonds is 7. The van der Waals surface area contributed by atoms with Crippen molar-refractivity contribution in [3.63, 3.8) is 0 Å². The van der Waals surface area contributed by atoms with Crippen LogP contribution in [0.15, 0.2) is 48.5 Å². The number of amides is 1. The van der Waals surface area contributed by atoms with Crippen LogP contribution in [0.25, 0.3) is 11.0 Å². The van der Waals surface area contributed by atoms with Crippen molar-refractivity contribution in [3.8, 4) is 0 Å². The highest BCUT2D eigenvalue weighted by atomic mass is 16.5. The molecule has 0 atom stereocenters. The van der Waals surface area contributed by atoms with E-state index in [-0.39, 0.29) is 18.4 Å². The van der Waals surface area contributed by atoms with Crippen LogP contribution < -0.4 is 5.32 Å². The van der Waals surface area contributed by atoms with Crippen molar-refractivity contribution in [2.24, 2.45) is 0 Å². The summed E-state index contributed by atoms with van der Waals surface area (Å²) < 4.78 is 6.63. The number of para-hydroxylation sites is 2. The standard InChI is InChI=1S/C21H23N3O3/c1-15-7-3-4-8-16(15)13-20(25)22-12-11-19-23-17-9-5-6-10-18(17)24(19)14-21(26)27-2/h3-10H,11-14H2,1-2H3,(H,22,25). The molecule has 6 heteroatoms. The van der Waals surface area contributed by atoms with E-state index in [4.69, 9.17) is 4.74 Å². The molecule has 0 aliphatic rings. The van der Waals surface area contributed by atoms with Gasteiger partial charge in [-0.2, -0.15) is 0 Å². The van der Waals surface area contributed by atoms with E-state index in [1.165, 1.54) is 7.11 Å². The molecule has 0 radical (unpaired) electrons. The lowest BCUT2D eigenvalue weighted by atomic mass is 10.1. The third-order valence-corrected chi connectivity index (χ3v) is 4.53. The number of methoxy groups -OCH3 is 1. The summed E-state index contributed by atoms with van der Waals surface area (Å²) in [4.78, 5) is 28.6. The van der Waals surface area contributed by atoms with E-state index in [9.17, 15) is 9.59 Å². The van der Waals surface area contributed by atoms with Crippen LogP contribution >= 0.6 is 0 Å². The molecule has 1 heterocycles. The van der Waals surface area contributed by atoms with E-state index in [1.807, 2.05) is 60.0 Å². The molecule has 0 saturated heterocycles. The number of hydrogen-bond donors (Lipinski definition) is 1. The van der Waals surface area contributed by atoms with Crippen LogP contribution in [0.3, 0.4) is 0 Å². The van der Waals surface area contributed by atoms with Gasteiger partial charge in [-0.25, -0.2) is 4.98 Å². The van der Waals surface area contributed by atoms with E-state index in [1.54, 1.807) is 0 Å². The summed E-state index contributed by atoms with van der Waals surface area (Å²) in [5, 5.41) is 2.94. The Morgan fingerprint density at radius 2 is 1.85 bits per heavy atom. The largest absolute Gasteiger partial charge is 0.468 e. The number of fused-ring (bicyclic) bond motifs is 1. The molecule has 140 valence electrons. The summed E-state index contributed by atoms with van der Waals surface area (Å²) in [6.07, 6.45) is 0.885. The van der Waals surface area contributed by atoms with Gasteiger partial charge in [-0.3, -0.25) is 9.59 Å². The normalized spacial score (nSPS) is 10.7. The zero-order valence-corrected chi connectivity index (χ0v) is 15.6. The van der Waals surface area contributed by atoms with Crippen molar-refractivity contribution in [3.05, 3.63) is 65.5 Å². The molecule has 27 heavy (non-hydrogen) atoms. The van der Waals surface area contributed by atoms with Crippen LogP contribution in [0.1, 0.15) is 17.0 Å². The van der Waals surface area contributed by atoms with Gasteiger partial charge in [-0.1, -0.05) is 36.4 Å². The Bertz CT molecular complexity index is 962. The maximum atomic E-state index is 12.2. The topological polar surface area (TPSA) is 73.2 Å². The van der Waals surface area contributed by atoms with Crippen molar-refractivity contribution in [1.82, 2.24) is 14.9 Å². The number of imidazole rings is 1. The van der Waals surface area contributed by atoms with Gasteiger partial charge in [0.25, 0.3) is 0 Å². The van der Waals surface area contributed by atoms with Crippen molar-refractivity contribution in [2.45, 2.75) is 26.3 Å². The summed E-state index contributed by atoms with van der Waals surface area (Å²) >= 11 is 0. The number of esters is 1. The minimum absolute atomic E-state index is 0.0278. The Morgan fingerprint density at radius 3 is 2.63 bits per heavy atom. The van der Waals surface area contributed by atoms with Gasteiger partial charge in [0.1, 0.15) is 12.4 Å². The molecule has 0 unspecified atom stereocenters. The number of hydrogen-bond acceptors (Lipinski definition) is 4. The van der Waals surface area contributed by atoms with Gasteiger partial charge in [-0.05, 0) is 30.2 Å². The lowest BCUT2D eigenvalue weighted by molar-refractivity contribution is -0.141. The van der Waals surface area contributed by atoms with Gasteiger partial charge in [-0.15, -0.1) is 0 Å². The molecular weight excluding hydrogens is 342 g/mol. The van der Waals surface area contributed by atoms with Crippen LogP contribution in [0, 0.1) is 6.92 Å². The predicted molar refractivity (Wildman–Crippen MR) is 103 cm³/mol. The molecule has 3 aromatic rings. The second-order valence-corrected chi connectivity index (χ2v) is 6.38. The number of benzene rings is 2. The second kappa shape index (κ2) is 8.49. The number of aromatic nitrogens is 2. The first-order valence-corrected chi connectivity index (χ1v) is 8.90. The van der Waals surface area contributed by atoms with E-state index in [2.05, 4.69) is 10.3 Å². The molecule has 1 amide bonds. The highest BCUT2D eigenvalue weighted by Gasteiger charge is 2.14. The van der Waals surface area contributed by atoms with E-state index < -0.39 is 0 Å². The first-order chi connectivity index (χ1) is 13.1. The summed E-state index contributed by atoms with van der Waals surface area (Å²) in [6, 6.07) is 15.5. The SMILES string of the molecule is COC(=O)Cn1c(CCNC(=O)Cc2ccccc2C)nc2ccccc21. The van der Waals surface area contributed by atoms with Crippen LogP contribution in [0.5, 0.6) is 0 Å². The number of ether oxygens (including phenoxy) is 1. The summed E-state index contributed by atoms with van der Waals surface area (Å²) in [5.41, 5.74) is 3.83. The van der Waals surface area contributed by atoms with Crippen molar-refractivity contribution in [1.29, 1.82) is 0 Å². The highest BCUT2D eigenvalue weighted by molar-refractivity contribution is 5.80. The lowest BCUT2D eigenvalue weighted by Gasteiger charge is -2.09. The van der Waals surface area contributed by atoms with Crippen LogP contribution in [-0.4, -0.2) is 35.1 Å². The van der Waals surface area contributed by atoms with Crippen LogP contribution in [0.4, 0.5) is 0 Å². The molecule has 1 N–H and O–H groups in total. The molecule has 0 spiro atoms. The van der Waals surface area contributed by atoms with Gasteiger partial charge < -0.3 is 14.6 Å². The summed E-state index contributed by atoms with van der Waals surface area (Å²) in [7, 11) is 1.37. The second-order valence-electron chi connectivity index (χ2n) is 6.38. The minimum atomic E-state index is -0.331. The van der Waals surface area contributed by atoms with Gasteiger partial charge in [0.15, 0.2) is 0 Å². The average molecular weight is 365 g/mol. The van der Waals surface area contributed by atoms with Gasteiger partial charge >= 0.3 is 5.97 Å². The fraction of sp³-hybridized carbons (Fsp3) is 0.286. The zero-order valence-electron chi connectivity index (χ0n) is 15.6. The monoisotopic (exact) mass is 365 g/mol. The molecule has 3 rings (SSSR count). The van der Waals surface area contributed by atoms with Crippen molar-refractivity contribution >= 4 is 22.9 Å². The Labute approximate surface area is 158 Å². The summed E-state index contributed by atoms with van der Waals surface area (Å²) in [6.45, 7) is 2.55. The maximum absolute atomic E-state index is 12.2. The number of carbonyl (C=O) groups excluding carboxylic acids is 2. The first kappa shape index (κ1) is 18.6. The molecule has 0 bridgehead atoms. The lowest BCUT2D eigenvalue weighted by Crippen LogP contribution is -2.28. The molecule has 0 fully saturated rings. The zero-order chi connectivity index (χ0) is 19.2. The number of nitrogens with zero attached hydrogens (tertiary/aromatic N) is 2. The third kappa shape index (κ3) is 4.53. The average Bonchev–Trinajstić information content (AvgIpc) is 3.01. The van der Waals surface area contributed by atoms with Gasteiger partial charge in [0.2, 0.25) is 5.91 Å². The minimum Gasteiger partial charge on any atom is -0.468 e. The molecule has 0 saturated carbocycles. The predicted octanol–water partition coefficient (Wildman–Crippen LogP) is 2.42. The molecule has 1 aromatic heterocycles. The summed E-state index contributed by atoms with van der Waals surface area (Å²) in [5.74, 6) is 0.390. The molecule has 6 nitrogen and oxygen atoms in total. The highest BCUT2D eigenvalue weighted by Crippen LogP contribution is 2.16. The van der Waals surface area contributed by atoms with E-state index in [0.29, 0.717) is 19.4 Å². The quantitative estimate of drug-likeness (QED) is 0.653. The number of aryl methyl sites for hydroxylation is 1. The van der Waals surface area contributed by atoms with Gasteiger partial charge in [0, 0.05) is 13.0 Å². The van der Waals surface area contributed by atoms with Crippen molar-refractivity contribution < 1.29 is 14.3 Å². The first-order valence-electron chi connectivity index (χ1n) is 8.90. The molecule has 0 aliphatic carbocycles. The molecule has 2 aromatic carbocycles.